The van der Waals surface area contributed by atoms with Crippen LogP contribution in [-0.2, 0) is 0 Å². The number of hydrazone groups is 1. The van der Waals surface area contributed by atoms with Gasteiger partial charge in [-0.2, -0.15) is 5.10 Å². The molecule has 5 rings (SSSR count). The van der Waals surface area contributed by atoms with Crippen LogP contribution in [0.25, 0.3) is 21.5 Å². The second-order valence-corrected chi connectivity index (χ2v) is 9.08. The monoisotopic (exact) mass is 494 g/mol. The van der Waals surface area contributed by atoms with Gasteiger partial charge in [-0.25, -0.2) is 10.4 Å². The SMILES string of the molecule is C/C(=N/NC(=O)c1cc(-c2cccs2)nc2ccccc12)c1cccc(NC(=O)c2ccc(C)o2)c1. The molecule has 3 heterocycles. The van der Waals surface area contributed by atoms with E-state index in [0.29, 0.717) is 22.7 Å². The molecule has 0 aliphatic heterocycles. The van der Waals surface area contributed by atoms with Gasteiger partial charge in [-0.3, -0.25) is 9.59 Å². The van der Waals surface area contributed by atoms with Crippen LogP contribution in [0.15, 0.2) is 93.8 Å². The first kappa shape index (κ1) is 23.2. The largest absolute Gasteiger partial charge is 0.456 e. The summed E-state index contributed by atoms with van der Waals surface area (Å²) in [5.41, 5.74) is 6.58. The van der Waals surface area contributed by atoms with E-state index in [1.807, 2.05) is 53.9 Å². The van der Waals surface area contributed by atoms with Gasteiger partial charge >= 0.3 is 0 Å². The van der Waals surface area contributed by atoms with Crippen molar-refractivity contribution in [3.63, 3.8) is 0 Å². The summed E-state index contributed by atoms with van der Waals surface area (Å²) in [7, 11) is 0. The second-order valence-electron chi connectivity index (χ2n) is 8.13. The van der Waals surface area contributed by atoms with E-state index in [1.165, 1.54) is 0 Å². The molecule has 36 heavy (non-hydrogen) atoms. The molecule has 7 nitrogen and oxygen atoms in total. The van der Waals surface area contributed by atoms with Crippen LogP contribution in [0.4, 0.5) is 5.69 Å². The summed E-state index contributed by atoms with van der Waals surface area (Å²) in [5.74, 6) is 0.233. The molecule has 3 aromatic heterocycles. The molecular weight excluding hydrogens is 472 g/mol. The number of rotatable bonds is 6. The highest BCUT2D eigenvalue weighted by atomic mass is 32.1. The number of aryl methyl sites for hydroxylation is 1. The Morgan fingerprint density at radius 2 is 1.81 bits per heavy atom. The van der Waals surface area contributed by atoms with Crippen LogP contribution in [0.1, 0.15) is 39.2 Å². The van der Waals surface area contributed by atoms with Crippen LogP contribution < -0.4 is 10.7 Å². The van der Waals surface area contributed by atoms with Gasteiger partial charge in [0, 0.05) is 11.1 Å². The van der Waals surface area contributed by atoms with Gasteiger partial charge in [-0.15, -0.1) is 11.3 Å². The van der Waals surface area contributed by atoms with E-state index in [1.54, 1.807) is 55.5 Å². The topological polar surface area (TPSA) is 96.6 Å². The number of benzene rings is 2. The number of fused-ring (bicyclic) bond motifs is 1. The van der Waals surface area contributed by atoms with Gasteiger partial charge in [0.2, 0.25) is 0 Å². The van der Waals surface area contributed by atoms with E-state index >= 15 is 0 Å². The Morgan fingerprint density at radius 3 is 2.58 bits per heavy atom. The predicted octanol–water partition coefficient (Wildman–Crippen LogP) is 6.27. The Hall–Kier alpha value is -4.56. The van der Waals surface area contributed by atoms with Crippen molar-refractivity contribution in [3.05, 3.63) is 107 Å². The maximum Gasteiger partial charge on any atom is 0.291 e. The molecule has 2 amide bonds. The van der Waals surface area contributed by atoms with Crippen molar-refractivity contribution in [1.82, 2.24) is 10.4 Å². The molecule has 0 aliphatic rings. The number of furan rings is 1. The van der Waals surface area contributed by atoms with Crippen molar-refractivity contribution >= 4 is 45.5 Å². The van der Waals surface area contributed by atoms with Crippen molar-refractivity contribution in [2.24, 2.45) is 5.10 Å². The average molecular weight is 495 g/mol. The lowest BCUT2D eigenvalue weighted by atomic mass is 10.1. The lowest BCUT2D eigenvalue weighted by molar-refractivity contribution is 0.0955. The number of carbonyl (C=O) groups excluding carboxylic acids is 2. The molecule has 8 heteroatoms. The summed E-state index contributed by atoms with van der Waals surface area (Å²) in [6.45, 7) is 3.57. The Morgan fingerprint density at radius 1 is 0.944 bits per heavy atom. The number of pyridine rings is 1. The van der Waals surface area contributed by atoms with Gasteiger partial charge in [0.1, 0.15) is 5.76 Å². The molecule has 0 atom stereocenters. The Balaban J connectivity index is 1.36. The fourth-order valence-electron chi connectivity index (χ4n) is 3.74. The summed E-state index contributed by atoms with van der Waals surface area (Å²) in [6.07, 6.45) is 0. The number of nitrogens with zero attached hydrogens (tertiary/aromatic N) is 2. The normalized spacial score (nSPS) is 11.4. The van der Waals surface area contributed by atoms with E-state index in [4.69, 9.17) is 9.40 Å². The maximum atomic E-state index is 13.2. The van der Waals surface area contributed by atoms with Crippen LogP contribution >= 0.6 is 11.3 Å². The number of anilines is 1. The molecule has 0 spiro atoms. The van der Waals surface area contributed by atoms with Crippen molar-refractivity contribution in [2.75, 3.05) is 5.32 Å². The van der Waals surface area contributed by atoms with E-state index in [2.05, 4.69) is 15.8 Å². The lowest BCUT2D eigenvalue weighted by Crippen LogP contribution is -2.20. The van der Waals surface area contributed by atoms with E-state index < -0.39 is 0 Å². The molecule has 0 radical (unpaired) electrons. The number of hydrogen-bond donors (Lipinski definition) is 2. The number of hydrogen-bond acceptors (Lipinski definition) is 6. The van der Waals surface area contributed by atoms with Crippen LogP contribution in [-0.4, -0.2) is 22.5 Å². The molecular formula is C28H22N4O3S. The number of para-hydroxylation sites is 1. The van der Waals surface area contributed by atoms with Gasteiger partial charge in [0.15, 0.2) is 5.76 Å². The fraction of sp³-hybridized carbons (Fsp3) is 0.0714. The molecule has 0 fully saturated rings. The van der Waals surface area contributed by atoms with Gasteiger partial charge in [0.25, 0.3) is 11.8 Å². The summed E-state index contributed by atoms with van der Waals surface area (Å²) in [5, 5.41) is 9.86. The van der Waals surface area contributed by atoms with E-state index in [0.717, 1.165) is 27.0 Å². The second kappa shape index (κ2) is 9.97. The minimum atomic E-state index is -0.339. The zero-order valence-corrected chi connectivity index (χ0v) is 20.4. The molecule has 0 unspecified atom stereocenters. The summed E-state index contributed by atoms with van der Waals surface area (Å²) in [6, 6.07) is 23.9. The standard InChI is InChI=1S/C28H22N4O3S/c1-17-12-13-25(35-17)28(34)29-20-8-5-7-19(15-20)18(2)31-32-27(33)22-16-24(26-11-6-14-36-26)30-23-10-4-3-9-21(22)23/h3-16H,1-2H3,(H,29,34)(H,32,33)/b31-18-. The molecule has 5 aromatic rings. The van der Waals surface area contributed by atoms with Crippen molar-refractivity contribution in [1.29, 1.82) is 0 Å². The molecule has 0 bridgehead atoms. The fourth-order valence-corrected chi connectivity index (χ4v) is 4.43. The first-order valence-corrected chi connectivity index (χ1v) is 12.1. The van der Waals surface area contributed by atoms with Crippen LogP contribution in [0.3, 0.4) is 0 Å². The lowest BCUT2D eigenvalue weighted by Gasteiger charge is -2.09. The number of nitrogens with one attached hydrogen (secondary N) is 2. The van der Waals surface area contributed by atoms with Crippen molar-refractivity contribution in [3.8, 4) is 10.6 Å². The third-order valence-electron chi connectivity index (χ3n) is 5.56. The van der Waals surface area contributed by atoms with Crippen LogP contribution in [0.5, 0.6) is 0 Å². The van der Waals surface area contributed by atoms with Crippen molar-refractivity contribution in [2.45, 2.75) is 13.8 Å². The molecule has 0 aliphatic carbocycles. The predicted molar refractivity (Wildman–Crippen MR) is 143 cm³/mol. The quantitative estimate of drug-likeness (QED) is 0.215. The molecule has 0 saturated carbocycles. The summed E-state index contributed by atoms with van der Waals surface area (Å²) >= 11 is 1.57. The number of carbonyl (C=O) groups is 2. The first-order chi connectivity index (χ1) is 17.5. The average Bonchev–Trinajstić information content (AvgIpc) is 3.59. The maximum absolute atomic E-state index is 13.2. The van der Waals surface area contributed by atoms with Gasteiger partial charge in [-0.1, -0.05) is 36.4 Å². The molecule has 0 saturated heterocycles. The first-order valence-electron chi connectivity index (χ1n) is 11.2. The van der Waals surface area contributed by atoms with E-state index in [9.17, 15) is 9.59 Å². The number of thiophene rings is 1. The zero-order chi connectivity index (χ0) is 25.1. The van der Waals surface area contributed by atoms with Crippen LogP contribution in [0.2, 0.25) is 0 Å². The Labute approximate surface area is 211 Å². The highest BCUT2D eigenvalue weighted by molar-refractivity contribution is 7.13. The van der Waals surface area contributed by atoms with Gasteiger partial charge in [-0.05, 0) is 67.3 Å². The van der Waals surface area contributed by atoms with Gasteiger partial charge in [0.05, 0.1) is 27.4 Å². The molecule has 2 aromatic carbocycles. The highest BCUT2D eigenvalue weighted by Crippen LogP contribution is 2.28. The smallest absolute Gasteiger partial charge is 0.291 e. The third kappa shape index (κ3) is 4.94. The highest BCUT2D eigenvalue weighted by Gasteiger charge is 2.15. The Kier molecular flexibility index (Phi) is 6.42. The van der Waals surface area contributed by atoms with Crippen molar-refractivity contribution < 1.29 is 14.0 Å². The summed E-state index contributed by atoms with van der Waals surface area (Å²) in [4.78, 5) is 31.3. The van der Waals surface area contributed by atoms with Gasteiger partial charge < -0.3 is 9.73 Å². The zero-order valence-electron chi connectivity index (χ0n) is 19.6. The van der Waals surface area contributed by atoms with Crippen LogP contribution in [0, 0.1) is 6.92 Å². The minimum absolute atomic E-state index is 0.238. The minimum Gasteiger partial charge on any atom is -0.456 e. The number of aromatic nitrogens is 1. The molecule has 2 N–H and O–H groups in total. The number of amides is 2. The Bertz CT molecular complexity index is 1600. The molecule has 178 valence electrons. The summed E-state index contributed by atoms with van der Waals surface area (Å²) < 4.78 is 5.38. The third-order valence-corrected chi connectivity index (χ3v) is 6.45. The van der Waals surface area contributed by atoms with E-state index in [-0.39, 0.29) is 17.6 Å².